The van der Waals surface area contributed by atoms with Crippen LogP contribution in [0.5, 0.6) is 5.75 Å². The summed E-state index contributed by atoms with van der Waals surface area (Å²) < 4.78 is 11.3. The minimum absolute atomic E-state index is 0.0853. The van der Waals surface area contributed by atoms with Gasteiger partial charge in [-0.3, -0.25) is 4.79 Å². The Bertz CT molecular complexity index is 1040. The summed E-state index contributed by atoms with van der Waals surface area (Å²) in [5, 5.41) is 6.99. The molecule has 0 atom stereocenters. The Morgan fingerprint density at radius 2 is 1.87 bits per heavy atom. The molecule has 2 aromatic carbocycles. The Hall–Kier alpha value is -3.15. The highest BCUT2D eigenvalue weighted by molar-refractivity contribution is 5.96. The fourth-order valence-electron chi connectivity index (χ4n) is 3.15. The highest BCUT2D eigenvalue weighted by Crippen LogP contribution is 2.31. The second-order valence-electron chi connectivity index (χ2n) is 8.14. The summed E-state index contributed by atoms with van der Waals surface area (Å²) in [5.41, 5.74) is 4.42. The number of hydrogen-bond donors (Lipinski definition) is 1. The van der Waals surface area contributed by atoms with Crippen molar-refractivity contribution in [3.05, 3.63) is 58.9 Å². The Labute approximate surface area is 177 Å². The molecule has 0 spiro atoms. The van der Waals surface area contributed by atoms with Gasteiger partial charge in [0.1, 0.15) is 5.75 Å². The van der Waals surface area contributed by atoms with Gasteiger partial charge in [0.05, 0.1) is 11.3 Å². The largest absolute Gasteiger partial charge is 0.483 e. The van der Waals surface area contributed by atoms with E-state index in [0.29, 0.717) is 28.9 Å². The third-order valence-electron chi connectivity index (χ3n) is 4.88. The number of nitrogens with zero attached hydrogens (tertiary/aromatic N) is 2. The van der Waals surface area contributed by atoms with Crippen molar-refractivity contribution >= 4 is 11.6 Å². The fourth-order valence-corrected chi connectivity index (χ4v) is 3.15. The first kappa shape index (κ1) is 21.6. The van der Waals surface area contributed by atoms with Gasteiger partial charge in [0.2, 0.25) is 0 Å². The lowest BCUT2D eigenvalue weighted by molar-refractivity contribution is -0.118. The van der Waals surface area contributed by atoms with Crippen LogP contribution in [0.4, 0.5) is 5.69 Å². The number of hydrogen-bond acceptors (Lipinski definition) is 5. The summed E-state index contributed by atoms with van der Waals surface area (Å²) in [5.74, 6) is 1.98. The molecule has 0 saturated heterocycles. The molecule has 1 amide bonds. The molecule has 0 bridgehead atoms. The van der Waals surface area contributed by atoms with Gasteiger partial charge in [0, 0.05) is 5.92 Å². The molecular weight excluding hydrogens is 378 g/mol. The molecule has 0 aliphatic carbocycles. The highest BCUT2D eigenvalue weighted by atomic mass is 16.5. The number of ether oxygens (including phenoxy) is 1. The molecule has 30 heavy (non-hydrogen) atoms. The van der Waals surface area contributed by atoms with E-state index < -0.39 is 0 Å². The second kappa shape index (κ2) is 9.11. The monoisotopic (exact) mass is 407 g/mol. The number of para-hydroxylation sites is 1. The van der Waals surface area contributed by atoms with Crippen molar-refractivity contribution in [1.82, 2.24) is 10.1 Å². The molecule has 158 valence electrons. The number of carbonyl (C=O) groups excluding carboxylic acids is 1. The molecule has 0 saturated carbocycles. The van der Waals surface area contributed by atoms with Crippen molar-refractivity contribution in [2.24, 2.45) is 0 Å². The molecule has 0 unspecified atom stereocenters. The molecule has 3 aromatic rings. The van der Waals surface area contributed by atoms with Crippen LogP contribution < -0.4 is 10.1 Å². The molecule has 3 rings (SSSR count). The van der Waals surface area contributed by atoms with Crippen molar-refractivity contribution in [2.75, 3.05) is 11.9 Å². The van der Waals surface area contributed by atoms with Crippen LogP contribution in [-0.2, 0) is 4.79 Å². The first-order valence-corrected chi connectivity index (χ1v) is 10.2. The maximum Gasteiger partial charge on any atom is 0.262 e. The minimum Gasteiger partial charge on any atom is -0.483 e. The summed E-state index contributed by atoms with van der Waals surface area (Å²) >= 11 is 0. The topological polar surface area (TPSA) is 77.2 Å². The zero-order chi connectivity index (χ0) is 21.8. The van der Waals surface area contributed by atoms with Gasteiger partial charge in [0.25, 0.3) is 11.8 Å². The zero-order valence-corrected chi connectivity index (χ0v) is 18.4. The summed E-state index contributed by atoms with van der Waals surface area (Å²) in [6.07, 6.45) is 0. The van der Waals surface area contributed by atoms with E-state index in [2.05, 4.69) is 41.4 Å². The van der Waals surface area contributed by atoms with Crippen LogP contribution in [0.3, 0.4) is 0 Å². The molecule has 1 heterocycles. The lowest BCUT2D eigenvalue weighted by atomic mass is 10.0. The molecule has 0 aliphatic rings. The Morgan fingerprint density at radius 3 is 2.53 bits per heavy atom. The molecule has 6 nitrogen and oxygen atoms in total. The third kappa shape index (κ3) is 4.87. The fraction of sp³-hybridized carbons (Fsp3) is 0.375. The number of aryl methyl sites for hydroxylation is 2. The summed E-state index contributed by atoms with van der Waals surface area (Å²) in [4.78, 5) is 17.2. The zero-order valence-electron chi connectivity index (χ0n) is 18.4. The van der Waals surface area contributed by atoms with E-state index in [-0.39, 0.29) is 18.4 Å². The number of carbonyl (C=O) groups is 1. The molecule has 1 N–H and O–H groups in total. The predicted octanol–water partition coefficient (Wildman–Crippen LogP) is 5.62. The molecule has 0 aliphatic heterocycles. The maximum absolute atomic E-state index is 12.7. The van der Waals surface area contributed by atoms with Gasteiger partial charge in [-0.05, 0) is 48.6 Å². The minimum atomic E-state index is -0.245. The van der Waals surface area contributed by atoms with Crippen molar-refractivity contribution in [3.63, 3.8) is 0 Å². The van der Waals surface area contributed by atoms with Crippen LogP contribution in [0.1, 0.15) is 62.0 Å². The summed E-state index contributed by atoms with van der Waals surface area (Å²) in [7, 11) is 0. The van der Waals surface area contributed by atoms with E-state index in [1.165, 1.54) is 0 Å². The van der Waals surface area contributed by atoms with Gasteiger partial charge in [0.15, 0.2) is 12.4 Å². The number of amides is 1. The molecular formula is C24H29N3O3. The quantitative estimate of drug-likeness (QED) is 0.550. The highest BCUT2D eigenvalue weighted by Gasteiger charge is 2.18. The van der Waals surface area contributed by atoms with Crippen LogP contribution in [0, 0.1) is 13.8 Å². The van der Waals surface area contributed by atoms with Crippen LogP contribution >= 0.6 is 0 Å². The van der Waals surface area contributed by atoms with Crippen molar-refractivity contribution in [2.45, 2.75) is 53.4 Å². The van der Waals surface area contributed by atoms with Crippen LogP contribution in [0.15, 0.2) is 40.9 Å². The molecule has 0 fully saturated rings. The average Bonchev–Trinajstić information content (AvgIpc) is 3.18. The van der Waals surface area contributed by atoms with Crippen molar-refractivity contribution in [3.8, 4) is 17.2 Å². The van der Waals surface area contributed by atoms with Crippen LogP contribution in [0.2, 0.25) is 0 Å². The number of aromatic nitrogens is 2. The average molecular weight is 408 g/mol. The normalized spacial score (nSPS) is 11.2. The Balaban J connectivity index is 1.78. The number of benzene rings is 2. The lowest BCUT2D eigenvalue weighted by Crippen LogP contribution is -2.21. The smallest absolute Gasteiger partial charge is 0.262 e. The number of anilines is 1. The van der Waals surface area contributed by atoms with E-state index in [0.717, 1.165) is 22.4 Å². The van der Waals surface area contributed by atoms with E-state index in [4.69, 9.17) is 9.26 Å². The van der Waals surface area contributed by atoms with E-state index >= 15 is 0 Å². The van der Waals surface area contributed by atoms with Gasteiger partial charge in [-0.25, -0.2) is 0 Å². The number of rotatable bonds is 7. The van der Waals surface area contributed by atoms with Gasteiger partial charge in [-0.15, -0.1) is 0 Å². The van der Waals surface area contributed by atoms with E-state index in [9.17, 15) is 4.79 Å². The first-order chi connectivity index (χ1) is 14.3. The summed E-state index contributed by atoms with van der Waals surface area (Å²) in [6.45, 7) is 12.1. The first-order valence-electron chi connectivity index (χ1n) is 10.2. The Morgan fingerprint density at radius 1 is 1.10 bits per heavy atom. The Kier molecular flexibility index (Phi) is 6.55. The van der Waals surface area contributed by atoms with Crippen molar-refractivity contribution in [1.29, 1.82) is 0 Å². The van der Waals surface area contributed by atoms with Gasteiger partial charge in [-0.1, -0.05) is 57.1 Å². The van der Waals surface area contributed by atoms with Crippen LogP contribution in [-0.4, -0.2) is 22.7 Å². The molecule has 6 heteroatoms. The van der Waals surface area contributed by atoms with Crippen molar-refractivity contribution < 1.29 is 14.1 Å². The van der Waals surface area contributed by atoms with E-state index in [1.54, 1.807) is 0 Å². The van der Waals surface area contributed by atoms with Crippen LogP contribution in [0.25, 0.3) is 11.5 Å². The van der Waals surface area contributed by atoms with E-state index in [1.807, 2.05) is 52.0 Å². The third-order valence-corrected chi connectivity index (χ3v) is 4.88. The number of nitrogens with one attached hydrogen (secondary N) is 1. The van der Waals surface area contributed by atoms with Gasteiger partial charge in [-0.2, -0.15) is 4.98 Å². The molecule has 0 radical (unpaired) electrons. The van der Waals surface area contributed by atoms with Gasteiger partial charge < -0.3 is 14.6 Å². The lowest BCUT2D eigenvalue weighted by Gasteiger charge is -2.16. The standard InChI is InChI=1S/C24H29N3O3/c1-14(2)18-11-10-16(5)12-20(18)29-13-21(28)25-22-17(6)8-7-9-19(22)24-26-23(15(3)4)27-30-24/h7-12,14-15H,13H2,1-6H3,(H,25,28). The molecule has 1 aromatic heterocycles. The summed E-state index contributed by atoms with van der Waals surface area (Å²) in [6, 6.07) is 11.8. The maximum atomic E-state index is 12.7. The SMILES string of the molecule is Cc1ccc(C(C)C)c(OCC(=O)Nc2c(C)cccc2-c2nc(C(C)C)no2)c1. The van der Waals surface area contributed by atoms with Gasteiger partial charge >= 0.3 is 0 Å². The second-order valence-corrected chi connectivity index (χ2v) is 8.14. The predicted molar refractivity (Wildman–Crippen MR) is 118 cm³/mol.